The van der Waals surface area contributed by atoms with Crippen LogP contribution >= 0.6 is 0 Å². The van der Waals surface area contributed by atoms with Crippen LogP contribution in [0.4, 0.5) is 0 Å². The zero-order valence-corrected chi connectivity index (χ0v) is 9.31. The lowest BCUT2D eigenvalue weighted by molar-refractivity contribution is 0.125. The van der Waals surface area contributed by atoms with E-state index in [1.165, 1.54) is 0 Å². The van der Waals surface area contributed by atoms with Gasteiger partial charge in [-0.1, -0.05) is 12.0 Å². The maximum absolute atomic E-state index is 8.17. The van der Waals surface area contributed by atoms with Crippen LogP contribution in [0.5, 0.6) is 0 Å². The topological polar surface area (TPSA) is 61.2 Å². The SMILES string of the molecule is CCC(C)N(CCN=[N+]=[N-])CCOC. The van der Waals surface area contributed by atoms with E-state index in [0.717, 1.165) is 26.1 Å². The van der Waals surface area contributed by atoms with Gasteiger partial charge in [-0.2, -0.15) is 0 Å². The summed E-state index contributed by atoms with van der Waals surface area (Å²) < 4.78 is 5.03. The Hall–Kier alpha value is -0.770. The van der Waals surface area contributed by atoms with E-state index in [4.69, 9.17) is 10.3 Å². The number of nitrogens with zero attached hydrogens (tertiary/aromatic N) is 4. The largest absolute Gasteiger partial charge is 0.383 e. The van der Waals surface area contributed by atoms with Crippen molar-refractivity contribution in [1.82, 2.24) is 4.90 Å². The van der Waals surface area contributed by atoms with Crippen molar-refractivity contribution >= 4 is 0 Å². The zero-order valence-electron chi connectivity index (χ0n) is 9.31. The monoisotopic (exact) mass is 200 g/mol. The first-order chi connectivity index (χ1) is 6.76. The first kappa shape index (κ1) is 13.2. The van der Waals surface area contributed by atoms with Crippen molar-refractivity contribution < 1.29 is 4.74 Å². The Kier molecular flexibility index (Phi) is 8.33. The van der Waals surface area contributed by atoms with E-state index in [1.54, 1.807) is 7.11 Å². The molecule has 0 bridgehead atoms. The number of hydrogen-bond donors (Lipinski definition) is 0. The number of ether oxygens (including phenoxy) is 1. The third-order valence-corrected chi connectivity index (χ3v) is 2.35. The highest BCUT2D eigenvalue weighted by atomic mass is 16.5. The fourth-order valence-corrected chi connectivity index (χ4v) is 1.24. The van der Waals surface area contributed by atoms with Crippen molar-refractivity contribution in [3.63, 3.8) is 0 Å². The zero-order chi connectivity index (χ0) is 10.8. The summed E-state index contributed by atoms with van der Waals surface area (Å²) in [6, 6.07) is 0.513. The summed E-state index contributed by atoms with van der Waals surface area (Å²) in [6.07, 6.45) is 1.10. The van der Waals surface area contributed by atoms with E-state index in [0.29, 0.717) is 12.6 Å². The molecular weight excluding hydrogens is 180 g/mol. The molecule has 14 heavy (non-hydrogen) atoms. The van der Waals surface area contributed by atoms with Crippen molar-refractivity contribution in [1.29, 1.82) is 0 Å². The highest BCUT2D eigenvalue weighted by Gasteiger charge is 2.10. The summed E-state index contributed by atoms with van der Waals surface area (Å²) in [5.74, 6) is 0. The van der Waals surface area contributed by atoms with Crippen molar-refractivity contribution in [2.24, 2.45) is 5.11 Å². The van der Waals surface area contributed by atoms with Gasteiger partial charge in [-0.3, -0.25) is 4.90 Å². The van der Waals surface area contributed by atoms with E-state index in [-0.39, 0.29) is 0 Å². The molecular formula is C9H20N4O. The molecule has 5 nitrogen and oxygen atoms in total. The van der Waals surface area contributed by atoms with Crippen molar-refractivity contribution in [3.8, 4) is 0 Å². The minimum Gasteiger partial charge on any atom is -0.383 e. The second kappa shape index (κ2) is 8.81. The Morgan fingerprint density at radius 1 is 1.50 bits per heavy atom. The molecule has 0 N–H and O–H groups in total. The summed E-state index contributed by atoms with van der Waals surface area (Å²) in [6.45, 7) is 7.28. The molecule has 0 aromatic rings. The van der Waals surface area contributed by atoms with Crippen molar-refractivity contribution in [3.05, 3.63) is 10.4 Å². The number of rotatable bonds is 8. The average Bonchev–Trinajstić information content (AvgIpc) is 2.22. The Labute approximate surface area is 85.7 Å². The predicted molar refractivity (Wildman–Crippen MR) is 57.2 cm³/mol. The molecule has 0 spiro atoms. The van der Waals surface area contributed by atoms with Gasteiger partial charge < -0.3 is 4.74 Å². The summed E-state index contributed by atoms with van der Waals surface area (Å²) >= 11 is 0. The molecule has 82 valence electrons. The molecule has 0 heterocycles. The van der Waals surface area contributed by atoms with Crippen LogP contribution < -0.4 is 0 Å². The van der Waals surface area contributed by atoms with Gasteiger partial charge in [0.1, 0.15) is 0 Å². The minimum atomic E-state index is 0.513. The summed E-state index contributed by atoms with van der Waals surface area (Å²) in [5, 5.41) is 3.53. The van der Waals surface area contributed by atoms with E-state index in [9.17, 15) is 0 Å². The van der Waals surface area contributed by atoms with Gasteiger partial charge in [0.2, 0.25) is 0 Å². The second-order valence-corrected chi connectivity index (χ2v) is 3.24. The van der Waals surface area contributed by atoms with Gasteiger partial charge in [-0.25, -0.2) is 0 Å². The van der Waals surface area contributed by atoms with Crippen LogP contribution in [-0.2, 0) is 4.74 Å². The molecule has 0 amide bonds. The summed E-state index contributed by atoms with van der Waals surface area (Å²) in [7, 11) is 1.70. The molecule has 0 radical (unpaired) electrons. The molecule has 0 aliphatic carbocycles. The van der Waals surface area contributed by atoms with Gasteiger partial charge in [0, 0.05) is 37.7 Å². The molecule has 0 rings (SSSR count). The lowest BCUT2D eigenvalue weighted by atomic mass is 10.2. The fourth-order valence-electron chi connectivity index (χ4n) is 1.24. The first-order valence-corrected chi connectivity index (χ1v) is 5.00. The van der Waals surface area contributed by atoms with Gasteiger partial charge in [0.15, 0.2) is 0 Å². The predicted octanol–water partition coefficient (Wildman–Crippen LogP) is 2.04. The highest BCUT2D eigenvalue weighted by Crippen LogP contribution is 2.02. The number of hydrogen-bond acceptors (Lipinski definition) is 3. The summed E-state index contributed by atoms with van der Waals surface area (Å²) in [5.41, 5.74) is 8.17. The van der Waals surface area contributed by atoms with Crippen LogP contribution in [0.15, 0.2) is 5.11 Å². The van der Waals surface area contributed by atoms with Gasteiger partial charge in [-0.05, 0) is 18.9 Å². The number of azide groups is 1. The molecule has 0 fully saturated rings. The molecule has 1 unspecified atom stereocenters. The normalized spacial score (nSPS) is 12.6. The smallest absolute Gasteiger partial charge is 0.0589 e. The fraction of sp³-hybridized carbons (Fsp3) is 1.00. The Morgan fingerprint density at radius 2 is 2.21 bits per heavy atom. The average molecular weight is 200 g/mol. The van der Waals surface area contributed by atoms with Crippen molar-refractivity contribution in [2.75, 3.05) is 33.4 Å². The van der Waals surface area contributed by atoms with Gasteiger partial charge in [0.05, 0.1) is 6.61 Å². The standard InChI is InChI=1S/C9H20N4O/c1-4-9(2)13(7-8-14-3)6-5-11-12-10/h9H,4-8H2,1-3H3. The third kappa shape index (κ3) is 5.80. The van der Waals surface area contributed by atoms with E-state index in [2.05, 4.69) is 28.8 Å². The third-order valence-electron chi connectivity index (χ3n) is 2.35. The van der Waals surface area contributed by atoms with E-state index in [1.807, 2.05) is 0 Å². The molecule has 0 aliphatic heterocycles. The minimum absolute atomic E-state index is 0.513. The molecule has 0 saturated heterocycles. The van der Waals surface area contributed by atoms with Crippen molar-refractivity contribution in [2.45, 2.75) is 26.3 Å². The molecule has 0 aliphatic rings. The maximum atomic E-state index is 8.17. The van der Waals surface area contributed by atoms with E-state index >= 15 is 0 Å². The van der Waals surface area contributed by atoms with Gasteiger partial charge in [-0.15, -0.1) is 0 Å². The van der Waals surface area contributed by atoms with Crippen LogP contribution in [0.3, 0.4) is 0 Å². The molecule has 5 heteroatoms. The van der Waals surface area contributed by atoms with Crippen LogP contribution in [-0.4, -0.2) is 44.3 Å². The maximum Gasteiger partial charge on any atom is 0.0589 e. The Bertz CT molecular complexity index is 180. The first-order valence-electron chi connectivity index (χ1n) is 5.00. The Morgan fingerprint density at radius 3 is 2.71 bits per heavy atom. The molecule has 0 saturated carbocycles. The second-order valence-electron chi connectivity index (χ2n) is 3.24. The summed E-state index contributed by atoms with van der Waals surface area (Å²) in [4.78, 5) is 5.02. The molecule has 0 aromatic heterocycles. The van der Waals surface area contributed by atoms with Crippen LogP contribution in [0, 0.1) is 0 Å². The number of methoxy groups -OCH3 is 1. The molecule has 1 atom stereocenters. The van der Waals surface area contributed by atoms with Crippen LogP contribution in [0.2, 0.25) is 0 Å². The van der Waals surface area contributed by atoms with Gasteiger partial charge >= 0.3 is 0 Å². The highest BCUT2D eigenvalue weighted by molar-refractivity contribution is 4.66. The van der Waals surface area contributed by atoms with Crippen LogP contribution in [0.1, 0.15) is 20.3 Å². The quantitative estimate of drug-likeness (QED) is 0.342. The van der Waals surface area contributed by atoms with E-state index < -0.39 is 0 Å². The molecule has 0 aromatic carbocycles. The van der Waals surface area contributed by atoms with Gasteiger partial charge in [0.25, 0.3) is 0 Å². The van der Waals surface area contributed by atoms with Crippen LogP contribution in [0.25, 0.3) is 10.4 Å². The Balaban J connectivity index is 3.89. The lowest BCUT2D eigenvalue weighted by Crippen LogP contribution is -2.37. The lowest BCUT2D eigenvalue weighted by Gasteiger charge is -2.27.